The van der Waals surface area contributed by atoms with Crippen LogP contribution in [0.25, 0.3) is 16.8 Å². The molecule has 8 heteroatoms. The van der Waals surface area contributed by atoms with E-state index in [9.17, 15) is 14.9 Å². The highest BCUT2D eigenvalue weighted by molar-refractivity contribution is 7.11. The van der Waals surface area contributed by atoms with Gasteiger partial charge in [0.25, 0.3) is 5.69 Å². The van der Waals surface area contributed by atoms with Gasteiger partial charge in [0.2, 0.25) is 0 Å². The summed E-state index contributed by atoms with van der Waals surface area (Å²) in [6.07, 6.45) is 1.78. The molecule has 3 aromatic rings. The molecule has 1 aliphatic heterocycles. The lowest BCUT2D eigenvalue weighted by Gasteiger charge is -2.32. The molecule has 2 N–H and O–H groups in total. The molecular formula is C24H19N3O4S. The van der Waals surface area contributed by atoms with E-state index >= 15 is 0 Å². The molecule has 0 saturated carbocycles. The van der Waals surface area contributed by atoms with Gasteiger partial charge < -0.3 is 10.5 Å². The number of aromatic nitrogens is 1. The number of hydrogen-bond donors (Lipinski definition) is 1. The molecule has 160 valence electrons. The highest BCUT2D eigenvalue weighted by atomic mass is 32.1. The van der Waals surface area contributed by atoms with E-state index in [4.69, 9.17) is 15.5 Å². The summed E-state index contributed by atoms with van der Waals surface area (Å²) in [4.78, 5) is 28.5. The Morgan fingerprint density at radius 3 is 2.53 bits per heavy atom. The van der Waals surface area contributed by atoms with Crippen LogP contribution in [0.4, 0.5) is 5.69 Å². The Balaban J connectivity index is 1.64. The Kier molecular flexibility index (Phi) is 5.07. The van der Waals surface area contributed by atoms with Crippen LogP contribution in [0, 0.1) is 10.1 Å². The number of Topliss-reactive ketones (excluding diaryl/α,β-unsaturated/α-hetero) is 1. The van der Waals surface area contributed by atoms with Crippen LogP contribution in [0.1, 0.15) is 35.8 Å². The van der Waals surface area contributed by atoms with Crippen LogP contribution in [-0.4, -0.2) is 15.7 Å². The molecule has 2 heterocycles. The molecule has 0 radical (unpaired) electrons. The number of nitro benzene ring substituents is 1. The summed E-state index contributed by atoms with van der Waals surface area (Å²) < 4.78 is 5.93. The van der Waals surface area contributed by atoms with Crippen LogP contribution in [0.2, 0.25) is 0 Å². The number of carbonyl (C=O) groups excluding carboxylic acids is 1. The molecule has 7 nitrogen and oxygen atoms in total. The largest absolute Gasteiger partial charge is 0.445 e. The molecule has 2 aliphatic rings. The van der Waals surface area contributed by atoms with Gasteiger partial charge >= 0.3 is 0 Å². The van der Waals surface area contributed by atoms with E-state index in [2.05, 4.69) is 0 Å². The quantitative estimate of drug-likeness (QED) is 0.439. The Morgan fingerprint density at radius 1 is 1.06 bits per heavy atom. The molecule has 0 amide bonds. The fourth-order valence-corrected chi connectivity index (χ4v) is 5.13. The number of allylic oxidation sites excluding steroid dienone is 3. The fraction of sp³-hybridized carbons (Fsp3) is 0.167. The molecule has 1 aliphatic carbocycles. The number of ether oxygens (including phenoxy) is 1. The van der Waals surface area contributed by atoms with Crippen LogP contribution >= 0.6 is 11.3 Å². The van der Waals surface area contributed by atoms with E-state index in [1.807, 2.05) is 35.7 Å². The van der Waals surface area contributed by atoms with Gasteiger partial charge in [0.15, 0.2) is 11.7 Å². The Labute approximate surface area is 188 Å². The third kappa shape index (κ3) is 3.48. The van der Waals surface area contributed by atoms with Gasteiger partial charge in [-0.1, -0.05) is 42.5 Å². The molecular weight excluding hydrogens is 426 g/mol. The Bertz CT molecular complexity index is 1280. The summed E-state index contributed by atoms with van der Waals surface area (Å²) >= 11 is 1.43. The van der Waals surface area contributed by atoms with Gasteiger partial charge in [-0.05, 0) is 12.0 Å². The van der Waals surface area contributed by atoms with Gasteiger partial charge in [-0.2, -0.15) is 0 Å². The fourth-order valence-electron chi connectivity index (χ4n) is 4.23. The van der Waals surface area contributed by atoms with Crippen LogP contribution in [0.3, 0.4) is 0 Å². The lowest BCUT2D eigenvalue weighted by atomic mass is 9.77. The third-order valence-electron chi connectivity index (χ3n) is 5.73. The van der Waals surface area contributed by atoms with Crippen molar-refractivity contribution in [2.24, 2.45) is 5.73 Å². The Hall–Kier alpha value is -3.78. The number of rotatable bonds is 4. The van der Waals surface area contributed by atoms with Gasteiger partial charge in [-0.3, -0.25) is 14.9 Å². The lowest BCUT2D eigenvalue weighted by Crippen LogP contribution is -2.27. The van der Waals surface area contributed by atoms with Crippen LogP contribution < -0.4 is 5.73 Å². The van der Waals surface area contributed by atoms with Gasteiger partial charge in [-0.25, -0.2) is 4.98 Å². The average Bonchev–Trinajstić information content (AvgIpc) is 3.29. The smallest absolute Gasteiger partial charge is 0.269 e. The van der Waals surface area contributed by atoms with E-state index in [1.165, 1.54) is 23.5 Å². The number of nitro groups is 1. The van der Waals surface area contributed by atoms with Gasteiger partial charge in [0.05, 0.1) is 16.2 Å². The predicted molar refractivity (Wildman–Crippen MR) is 121 cm³/mol. The maximum absolute atomic E-state index is 13.0. The molecule has 1 unspecified atom stereocenters. The molecule has 2 aromatic carbocycles. The summed E-state index contributed by atoms with van der Waals surface area (Å²) in [5.74, 6) is 0.336. The lowest BCUT2D eigenvalue weighted by molar-refractivity contribution is -0.384. The van der Waals surface area contributed by atoms with Crippen molar-refractivity contribution in [2.75, 3.05) is 0 Å². The number of nitrogens with two attached hydrogens (primary N) is 1. The van der Waals surface area contributed by atoms with Crippen LogP contribution in [-0.2, 0) is 9.53 Å². The molecule has 0 bridgehead atoms. The number of benzene rings is 2. The van der Waals surface area contributed by atoms with E-state index in [1.54, 1.807) is 12.1 Å². The molecule has 32 heavy (non-hydrogen) atoms. The van der Waals surface area contributed by atoms with Gasteiger partial charge in [-0.15, -0.1) is 11.3 Å². The second-order valence-electron chi connectivity index (χ2n) is 7.68. The maximum Gasteiger partial charge on any atom is 0.269 e. The minimum atomic E-state index is -0.484. The van der Waals surface area contributed by atoms with E-state index < -0.39 is 10.8 Å². The third-order valence-corrected chi connectivity index (χ3v) is 6.60. The molecule has 5 rings (SSSR count). The van der Waals surface area contributed by atoms with E-state index in [0.29, 0.717) is 41.2 Å². The standard InChI is InChI=1S/C24H19N3O4S/c25-23-22(24-26-17(13-32-24)14-5-2-1-3-6-14)20(15-9-11-16(12-10-15)27(29)30)21-18(28)7-4-8-19(21)31-23/h1-3,5-6,9-13,20H,4,7-8,25H2. The van der Waals surface area contributed by atoms with Gasteiger partial charge in [0, 0.05) is 47.4 Å². The molecule has 1 atom stereocenters. The summed E-state index contributed by atoms with van der Waals surface area (Å²) in [6.45, 7) is 0. The normalized spacial score (nSPS) is 18.4. The predicted octanol–water partition coefficient (Wildman–Crippen LogP) is 5.17. The van der Waals surface area contributed by atoms with Crippen molar-refractivity contribution in [3.05, 3.63) is 97.9 Å². The summed E-state index contributed by atoms with van der Waals surface area (Å²) in [5.41, 5.74) is 10.1. The number of ketones is 1. The minimum absolute atomic E-state index is 0.0101. The van der Waals surface area contributed by atoms with Crippen molar-refractivity contribution in [3.63, 3.8) is 0 Å². The zero-order chi connectivity index (χ0) is 22.2. The summed E-state index contributed by atoms with van der Waals surface area (Å²) in [7, 11) is 0. The second kappa shape index (κ2) is 8.05. The van der Waals surface area contributed by atoms with Crippen LogP contribution in [0.15, 0.2) is 77.2 Å². The topological polar surface area (TPSA) is 108 Å². The van der Waals surface area contributed by atoms with Gasteiger partial charge in [0.1, 0.15) is 10.8 Å². The molecule has 0 spiro atoms. The maximum atomic E-state index is 13.0. The number of carbonyl (C=O) groups is 1. The van der Waals surface area contributed by atoms with Crippen LogP contribution in [0.5, 0.6) is 0 Å². The number of nitrogens with zero attached hydrogens (tertiary/aromatic N) is 2. The van der Waals surface area contributed by atoms with Crippen molar-refractivity contribution >= 4 is 28.4 Å². The van der Waals surface area contributed by atoms with Crippen molar-refractivity contribution in [1.82, 2.24) is 4.98 Å². The average molecular weight is 446 g/mol. The minimum Gasteiger partial charge on any atom is -0.445 e. The first-order chi connectivity index (χ1) is 15.5. The summed E-state index contributed by atoms with van der Waals surface area (Å²) in [6, 6.07) is 16.1. The van der Waals surface area contributed by atoms with Crippen molar-refractivity contribution in [1.29, 1.82) is 0 Å². The first-order valence-electron chi connectivity index (χ1n) is 10.2. The number of thiazole rings is 1. The molecule has 0 fully saturated rings. The Morgan fingerprint density at radius 2 is 1.81 bits per heavy atom. The number of non-ortho nitro benzene ring substituents is 1. The number of hydrogen-bond acceptors (Lipinski definition) is 7. The molecule has 1 aromatic heterocycles. The van der Waals surface area contributed by atoms with E-state index in [0.717, 1.165) is 16.8 Å². The first kappa shape index (κ1) is 20.1. The van der Waals surface area contributed by atoms with Crippen molar-refractivity contribution in [2.45, 2.75) is 25.2 Å². The first-order valence-corrected chi connectivity index (χ1v) is 11.1. The van der Waals surface area contributed by atoms with Crippen molar-refractivity contribution in [3.8, 4) is 11.3 Å². The highest BCUT2D eigenvalue weighted by Crippen LogP contribution is 2.48. The second-order valence-corrected chi connectivity index (χ2v) is 8.54. The summed E-state index contributed by atoms with van der Waals surface area (Å²) in [5, 5.41) is 13.7. The van der Waals surface area contributed by atoms with E-state index in [-0.39, 0.29) is 17.4 Å². The van der Waals surface area contributed by atoms with Crippen molar-refractivity contribution < 1.29 is 14.5 Å². The highest BCUT2D eigenvalue weighted by Gasteiger charge is 2.39. The SMILES string of the molecule is NC1=C(c2nc(-c3ccccc3)cs2)C(c2ccc([N+](=O)[O-])cc2)C2=C(CCCC2=O)O1. The monoisotopic (exact) mass is 445 g/mol. The zero-order valence-corrected chi connectivity index (χ0v) is 17.8. The molecule has 0 saturated heterocycles. The zero-order valence-electron chi connectivity index (χ0n) is 17.0.